The van der Waals surface area contributed by atoms with Crippen molar-refractivity contribution in [2.75, 3.05) is 6.54 Å². The van der Waals surface area contributed by atoms with Gasteiger partial charge < -0.3 is 41.6 Å². The Labute approximate surface area is 217 Å². The number of aliphatic carboxylic acids is 2. The summed E-state index contributed by atoms with van der Waals surface area (Å²) in [6.07, 6.45) is 3.25. The highest BCUT2D eigenvalue weighted by atomic mass is 16.4. The Balaban J connectivity index is 1.80. The van der Waals surface area contributed by atoms with E-state index in [0.717, 1.165) is 6.42 Å². The zero-order chi connectivity index (χ0) is 27.7. The van der Waals surface area contributed by atoms with Crippen LogP contribution in [0.5, 0.6) is 5.75 Å². The maximum Gasteiger partial charge on any atom is 0.326 e. The second kappa shape index (κ2) is 13.2. The minimum Gasteiger partial charge on any atom is -0.508 e. The number of phenolic OH excluding ortho intramolecular Hbond substituents is 1. The molecule has 1 aromatic carbocycles. The van der Waals surface area contributed by atoms with Crippen LogP contribution in [-0.2, 0) is 36.8 Å². The molecule has 0 spiro atoms. The van der Waals surface area contributed by atoms with E-state index >= 15 is 0 Å². The summed E-state index contributed by atoms with van der Waals surface area (Å²) in [6.45, 7) is 0.667. The molecule has 3 amide bonds. The molecule has 8 N–H and O–H groups in total. The molecule has 4 atom stereocenters. The SMILES string of the molecule is O=C(O)CC(NC(=O)C(Cc1cnc[nH]1)NC(=O)C(Cc1ccc(O)cc1)NC(=O)C1CCCN1)C(=O)O. The number of carboxylic acids is 2. The van der Waals surface area contributed by atoms with Crippen LogP contribution in [0.2, 0.25) is 0 Å². The molecule has 4 unspecified atom stereocenters. The number of nitrogens with zero attached hydrogens (tertiary/aromatic N) is 1. The molecule has 0 bridgehead atoms. The molecule has 1 saturated heterocycles. The molecule has 14 nitrogen and oxygen atoms in total. The minimum atomic E-state index is -1.72. The van der Waals surface area contributed by atoms with E-state index in [2.05, 4.69) is 31.2 Å². The van der Waals surface area contributed by atoms with Crippen molar-refractivity contribution in [1.82, 2.24) is 31.2 Å². The van der Waals surface area contributed by atoms with E-state index in [1.807, 2.05) is 0 Å². The summed E-state index contributed by atoms with van der Waals surface area (Å²) >= 11 is 0. The monoisotopic (exact) mass is 530 g/mol. The highest BCUT2D eigenvalue weighted by Gasteiger charge is 2.32. The first-order valence-corrected chi connectivity index (χ1v) is 12.0. The van der Waals surface area contributed by atoms with Crippen molar-refractivity contribution in [3.8, 4) is 5.75 Å². The van der Waals surface area contributed by atoms with Gasteiger partial charge in [-0.25, -0.2) is 9.78 Å². The Morgan fingerprint density at radius 3 is 2.16 bits per heavy atom. The molecular weight excluding hydrogens is 500 g/mol. The van der Waals surface area contributed by atoms with Crippen LogP contribution in [0.3, 0.4) is 0 Å². The normalized spacial score (nSPS) is 17.1. The van der Waals surface area contributed by atoms with Gasteiger partial charge >= 0.3 is 11.9 Å². The zero-order valence-electron chi connectivity index (χ0n) is 20.3. The number of hydrogen-bond donors (Lipinski definition) is 8. The first-order valence-electron chi connectivity index (χ1n) is 12.0. The number of imidazole rings is 1. The molecule has 14 heteroatoms. The standard InChI is InChI=1S/C24H30N6O8/c31-15-5-3-13(4-6-15)8-17(28-21(34)16-2-1-7-26-16)22(35)29-18(9-14-11-25-12-27-14)23(36)30-19(24(37)38)10-20(32)33/h3-6,11-12,16-19,26,31H,1-2,7-10H2,(H,25,27)(H,28,34)(H,29,35)(H,30,36)(H,32,33)(H,37,38). The summed E-state index contributed by atoms with van der Waals surface area (Å²) in [5, 5.41) is 38.3. The number of carbonyl (C=O) groups is 5. The zero-order valence-corrected chi connectivity index (χ0v) is 20.3. The van der Waals surface area contributed by atoms with Crippen molar-refractivity contribution in [2.24, 2.45) is 0 Å². The van der Waals surface area contributed by atoms with Crippen molar-refractivity contribution in [2.45, 2.75) is 56.3 Å². The molecule has 1 aliphatic heterocycles. The number of phenols is 1. The lowest BCUT2D eigenvalue weighted by Crippen LogP contribution is -2.58. The van der Waals surface area contributed by atoms with E-state index in [9.17, 15) is 34.2 Å². The van der Waals surface area contributed by atoms with Gasteiger partial charge in [0.05, 0.1) is 18.8 Å². The molecule has 1 aromatic heterocycles. The number of rotatable bonds is 13. The Kier molecular flexibility index (Phi) is 9.76. The largest absolute Gasteiger partial charge is 0.508 e. The van der Waals surface area contributed by atoms with Crippen molar-refractivity contribution < 1.29 is 39.3 Å². The van der Waals surface area contributed by atoms with Gasteiger partial charge in [-0.1, -0.05) is 12.1 Å². The van der Waals surface area contributed by atoms with Crippen LogP contribution < -0.4 is 21.3 Å². The maximum absolute atomic E-state index is 13.4. The lowest BCUT2D eigenvalue weighted by atomic mass is 10.0. The van der Waals surface area contributed by atoms with E-state index in [-0.39, 0.29) is 24.5 Å². The maximum atomic E-state index is 13.4. The molecule has 0 aliphatic carbocycles. The van der Waals surface area contributed by atoms with Crippen LogP contribution in [0, 0.1) is 0 Å². The van der Waals surface area contributed by atoms with E-state index < -0.39 is 54.3 Å². The van der Waals surface area contributed by atoms with Gasteiger partial charge in [-0.15, -0.1) is 0 Å². The average Bonchev–Trinajstić information content (AvgIpc) is 3.58. The quantitative estimate of drug-likeness (QED) is 0.152. The Morgan fingerprint density at radius 2 is 1.61 bits per heavy atom. The summed E-state index contributed by atoms with van der Waals surface area (Å²) in [7, 11) is 0. The van der Waals surface area contributed by atoms with Crippen molar-refractivity contribution in [3.05, 3.63) is 48.0 Å². The summed E-state index contributed by atoms with van der Waals surface area (Å²) in [6, 6.07) is 1.44. The third-order valence-electron chi connectivity index (χ3n) is 5.99. The molecular formula is C24H30N6O8. The second-order valence-electron chi connectivity index (χ2n) is 8.92. The van der Waals surface area contributed by atoms with E-state index in [1.165, 1.54) is 24.7 Å². The van der Waals surface area contributed by atoms with E-state index in [0.29, 0.717) is 24.2 Å². The first-order chi connectivity index (χ1) is 18.1. The number of aromatic hydroxyl groups is 1. The lowest BCUT2D eigenvalue weighted by Gasteiger charge is -2.25. The summed E-state index contributed by atoms with van der Waals surface area (Å²) in [4.78, 5) is 68.4. The Bertz CT molecular complexity index is 1130. The molecule has 1 aliphatic rings. The molecule has 38 heavy (non-hydrogen) atoms. The number of carbonyl (C=O) groups excluding carboxylic acids is 3. The third-order valence-corrected chi connectivity index (χ3v) is 5.99. The van der Waals surface area contributed by atoms with Crippen LogP contribution in [0.15, 0.2) is 36.8 Å². The number of amides is 3. The van der Waals surface area contributed by atoms with Gasteiger partial charge in [-0.2, -0.15) is 0 Å². The number of nitrogens with one attached hydrogen (secondary N) is 5. The topological polar surface area (TPSA) is 223 Å². The van der Waals surface area contributed by atoms with Gasteiger partial charge in [-0.3, -0.25) is 19.2 Å². The van der Waals surface area contributed by atoms with Crippen LogP contribution in [0.25, 0.3) is 0 Å². The summed E-state index contributed by atoms with van der Waals surface area (Å²) in [5.41, 5.74) is 1.08. The second-order valence-corrected chi connectivity index (χ2v) is 8.92. The van der Waals surface area contributed by atoms with Gasteiger partial charge in [0.25, 0.3) is 0 Å². The molecule has 0 radical (unpaired) electrons. The average molecular weight is 531 g/mol. The van der Waals surface area contributed by atoms with Crippen LogP contribution in [0.1, 0.15) is 30.5 Å². The number of benzene rings is 1. The van der Waals surface area contributed by atoms with Gasteiger partial charge in [-0.05, 0) is 37.1 Å². The number of aromatic nitrogens is 2. The third kappa shape index (κ3) is 8.30. The fourth-order valence-electron chi connectivity index (χ4n) is 4.00. The van der Waals surface area contributed by atoms with Crippen LogP contribution >= 0.6 is 0 Å². The van der Waals surface area contributed by atoms with Crippen LogP contribution in [0.4, 0.5) is 0 Å². The van der Waals surface area contributed by atoms with Crippen molar-refractivity contribution in [1.29, 1.82) is 0 Å². The van der Waals surface area contributed by atoms with Crippen molar-refractivity contribution in [3.63, 3.8) is 0 Å². The highest BCUT2D eigenvalue weighted by molar-refractivity contribution is 5.95. The molecule has 204 valence electrons. The number of carboxylic acid groups (broad SMARTS) is 2. The van der Waals surface area contributed by atoms with Gasteiger partial charge in [0, 0.05) is 24.7 Å². The molecule has 2 heterocycles. The fraction of sp³-hybridized carbons (Fsp3) is 0.417. The van der Waals surface area contributed by atoms with E-state index in [1.54, 1.807) is 12.1 Å². The predicted octanol–water partition coefficient (Wildman–Crippen LogP) is -1.33. The lowest BCUT2D eigenvalue weighted by molar-refractivity contribution is -0.147. The predicted molar refractivity (Wildman–Crippen MR) is 131 cm³/mol. The highest BCUT2D eigenvalue weighted by Crippen LogP contribution is 2.13. The number of aromatic amines is 1. The Morgan fingerprint density at radius 1 is 0.947 bits per heavy atom. The fourth-order valence-corrected chi connectivity index (χ4v) is 4.00. The Hall–Kier alpha value is -4.46. The van der Waals surface area contributed by atoms with Gasteiger partial charge in [0.15, 0.2) is 0 Å². The van der Waals surface area contributed by atoms with Crippen LogP contribution in [-0.4, -0.2) is 85.7 Å². The minimum absolute atomic E-state index is 0.0274. The van der Waals surface area contributed by atoms with Crippen molar-refractivity contribution >= 4 is 29.7 Å². The molecule has 1 fully saturated rings. The molecule has 0 saturated carbocycles. The number of H-pyrrole nitrogens is 1. The van der Waals surface area contributed by atoms with E-state index in [4.69, 9.17) is 5.11 Å². The molecule has 2 aromatic rings. The summed E-state index contributed by atoms with van der Waals surface area (Å²) in [5.74, 6) is -4.97. The summed E-state index contributed by atoms with van der Waals surface area (Å²) < 4.78 is 0. The molecule has 3 rings (SSSR count). The van der Waals surface area contributed by atoms with Gasteiger partial charge in [0.1, 0.15) is 23.9 Å². The smallest absolute Gasteiger partial charge is 0.326 e. The first kappa shape index (κ1) is 28.1. The number of hydrogen-bond acceptors (Lipinski definition) is 8. The van der Waals surface area contributed by atoms with Gasteiger partial charge in [0.2, 0.25) is 17.7 Å².